The van der Waals surface area contributed by atoms with Crippen LogP contribution in [0.3, 0.4) is 0 Å². The highest BCUT2D eigenvalue weighted by Gasteiger charge is 2.26. The fraction of sp³-hybridized carbons (Fsp3) is 0.611. The number of nitrogens with one attached hydrogen (secondary N) is 1. The van der Waals surface area contributed by atoms with E-state index in [1.165, 1.54) is 18.4 Å². The number of hydrogen-bond acceptors (Lipinski definition) is 3. The fourth-order valence-corrected chi connectivity index (χ4v) is 2.61. The molecule has 1 aromatic rings. The molecule has 1 saturated carbocycles. The van der Waals surface area contributed by atoms with Gasteiger partial charge in [0.2, 0.25) is 0 Å². The fourth-order valence-electron chi connectivity index (χ4n) is 2.61. The SMILES string of the molecule is CCCNCc1ccc(N(CC2CC2)C(C)C)c(C#N)c1. The molecule has 21 heavy (non-hydrogen) atoms. The predicted molar refractivity (Wildman–Crippen MR) is 88.4 cm³/mol. The smallest absolute Gasteiger partial charge is 0.101 e. The third-order valence-electron chi connectivity index (χ3n) is 4.02. The Morgan fingerprint density at radius 3 is 2.71 bits per heavy atom. The third-order valence-corrected chi connectivity index (χ3v) is 4.02. The summed E-state index contributed by atoms with van der Waals surface area (Å²) in [5.41, 5.74) is 3.10. The molecule has 0 aliphatic heterocycles. The number of benzene rings is 1. The van der Waals surface area contributed by atoms with E-state index in [4.69, 9.17) is 0 Å². The first-order valence-corrected chi connectivity index (χ1v) is 8.16. The van der Waals surface area contributed by atoms with Crippen LogP contribution in [0, 0.1) is 17.2 Å². The lowest BCUT2D eigenvalue weighted by Crippen LogP contribution is -2.33. The second-order valence-electron chi connectivity index (χ2n) is 6.33. The zero-order valence-corrected chi connectivity index (χ0v) is 13.5. The van der Waals surface area contributed by atoms with Crippen LogP contribution in [0.2, 0.25) is 0 Å². The minimum absolute atomic E-state index is 0.432. The minimum Gasteiger partial charge on any atom is -0.368 e. The van der Waals surface area contributed by atoms with Gasteiger partial charge < -0.3 is 10.2 Å². The molecule has 2 rings (SSSR count). The summed E-state index contributed by atoms with van der Waals surface area (Å²) < 4.78 is 0. The lowest BCUT2D eigenvalue weighted by molar-refractivity contribution is 0.643. The van der Waals surface area contributed by atoms with Crippen LogP contribution in [-0.4, -0.2) is 19.1 Å². The van der Waals surface area contributed by atoms with Crippen LogP contribution in [0.25, 0.3) is 0 Å². The molecule has 1 N–H and O–H groups in total. The van der Waals surface area contributed by atoms with Gasteiger partial charge in [0, 0.05) is 19.1 Å². The van der Waals surface area contributed by atoms with Crippen molar-refractivity contribution in [3.63, 3.8) is 0 Å². The van der Waals surface area contributed by atoms with Gasteiger partial charge in [-0.3, -0.25) is 0 Å². The van der Waals surface area contributed by atoms with Crippen molar-refractivity contribution in [1.29, 1.82) is 5.26 Å². The van der Waals surface area contributed by atoms with E-state index in [2.05, 4.69) is 49.2 Å². The standard InChI is InChI=1S/C18H27N3/c1-4-9-20-12-16-7-8-18(17(10-16)11-19)21(14(2)3)13-15-5-6-15/h7-8,10,14-15,20H,4-6,9,12-13H2,1-3H3. The monoisotopic (exact) mass is 285 g/mol. The van der Waals surface area contributed by atoms with Crippen LogP contribution in [0.5, 0.6) is 0 Å². The summed E-state index contributed by atoms with van der Waals surface area (Å²) >= 11 is 0. The number of hydrogen-bond donors (Lipinski definition) is 1. The molecule has 0 bridgehead atoms. The van der Waals surface area contributed by atoms with E-state index in [0.717, 1.165) is 43.2 Å². The maximum Gasteiger partial charge on any atom is 0.101 e. The van der Waals surface area contributed by atoms with Gasteiger partial charge in [-0.2, -0.15) is 5.26 Å². The van der Waals surface area contributed by atoms with E-state index >= 15 is 0 Å². The molecular weight excluding hydrogens is 258 g/mol. The van der Waals surface area contributed by atoms with Gasteiger partial charge in [0.05, 0.1) is 11.3 Å². The first kappa shape index (κ1) is 15.9. The highest BCUT2D eigenvalue weighted by atomic mass is 15.2. The molecule has 3 heteroatoms. The molecule has 0 spiro atoms. The van der Waals surface area contributed by atoms with E-state index in [9.17, 15) is 5.26 Å². The normalized spacial score (nSPS) is 14.2. The third kappa shape index (κ3) is 4.47. The van der Waals surface area contributed by atoms with E-state index in [-0.39, 0.29) is 0 Å². The predicted octanol–water partition coefficient (Wildman–Crippen LogP) is 3.68. The van der Waals surface area contributed by atoms with E-state index < -0.39 is 0 Å². The molecule has 0 heterocycles. The van der Waals surface area contributed by atoms with Crippen LogP contribution in [0.4, 0.5) is 5.69 Å². The molecule has 1 aliphatic carbocycles. The number of nitrogens with zero attached hydrogens (tertiary/aromatic N) is 2. The van der Waals surface area contributed by atoms with Gasteiger partial charge in [0.25, 0.3) is 0 Å². The highest BCUT2D eigenvalue weighted by molar-refractivity contribution is 5.61. The van der Waals surface area contributed by atoms with Crippen molar-refractivity contribution in [2.24, 2.45) is 5.92 Å². The van der Waals surface area contributed by atoms with Crippen molar-refractivity contribution >= 4 is 5.69 Å². The van der Waals surface area contributed by atoms with Gasteiger partial charge in [-0.1, -0.05) is 13.0 Å². The molecule has 0 radical (unpaired) electrons. The van der Waals surface area contributed by atoms with Crippen molar-refractivity contribution in [2.45, 2.75) is 52.6 Å². The first-order valence-electron chi connectivity index (χ1n) is 8.16. The highest BCUT2D eigenvalue weighted by Crippen LogP contribution is 2.33. The van der Waals surface area contributed by atoms with Crippen molar-refractivity contribution in [3.05, 3.63) is 29.3 Å². The first-order chi connectivity index (χ1) is 10.2. The summed E-state index contributed by atoms with van der Waals surface area (Å²) in [7, 11) is 0. The Balaban J connectivity index is 2.15. The summed E-state index contributed by atoms with van der Waals surface area (Å²) in [6.07, 6.45) is 3.81. The van der Waals surface area contributed by atoms with Crippen molar-refractivity contribution in [1.82, 2.24) is 5.32 Å². The van der Waals surface area contributed by atoms with Crippen LogP contribution < -0.4 is 10.2 Å². The average Bonchev–Trinajstić information content (AvgIpc) is 3.29. The number of rotatable bonds is 8. The van der Waals surface area contributed by atoms with Gasteiger partial charge in [-0.25, -0.2) is 0 Å². The molecule has 0 saturated heterocycles. The maximum absolute atomic E-state index is 9.50. The van der Waals surface area contributed by atoms with Gasteiger partial charge in [-0.15, -0.1) is 0 Å². The average molecular weight is 285 g/mol. The Bertz CT molecular complexity index is 498. The lowest BCUT2D eigenvalue weighted by atomic mass is 10.1. The molecule has 0 aromatic heterocycles. The molecule has 114 valence electrons. The summed E-state index contributed by atoms with van der Waals surface area (Å²) in [5.74, 6) is 0.824. The van der Waals surface area contributed by atoms with Crippen LogP contribution in [0.1, 0.15) is 51.2 Å². The molecule has 0 atom stereocenters. The minimum atomic E-state index is 0.432. The molecule has 0 amide bonds. The Morgan fingerprint density at radius 1 is 1.38 bits per heavy atom. The molecule has 1 aliphatic rings. The lowest BCUT2D eigenvalue weighted by Gasteiger charge is -2.30. The zero-order valence-electron chi connectivity index (χ0n) is 13.5. The van der Waals surface area contributed by atoms with Crippen molar-refractivity contribution in [2.75, 3.05) is 18.0 Å². The van der Waals surface area contributed by atoms with E-state index in [0.29, 0.717) is 6.04 Å². The van der Waals surface area contributed by atoms with Gasteiger partial charge >= 0.3 is 0 Å². The van der Waals surface area contributed by atoms with Crippen LogP contribution in [0.15, 0.2) is 18.2 Å². The summed E-state index contributed by atoms with van der Waals surface area (Å²) in [6.45, 7) is 9.52. The molecule has 1 fully saturated rings. The Kier molecular flexibility index (Phi) is 5.64. The Morgan fingerprint density at radius 2 is 2.14 bits per heavy atom. The molecule has 1 aromatic carbocycles. The van der Waals surface area contributed by atoms with Crippen LogP contribution >= 0.6 is 0 Å². The summed E-state index contributed by atoms with van der Waals surface area (Å²) in [4.78, 5) is 2.39. The molecule has 0 unspecified atom stereocenters. The van der Waals surface area contributed by atoms with Gasteiger partial charge in [0.1, 0.15) is 6.07 Å². The largest absolute Gasteiger partial charge is 0.368 e. The topological polar surface area (TPSA) is 39.1 Å². The second-order valence-corrected chi connectivity index (χ2v) is 6.33. The summed E-state index contributed by atoms with van der Waals surface area (Å²) in [6, 6.07) is 9.14. The van der Waals surface area contributed by atoms with Crippen molar-refractivity contribution < 1.29 is 0 Å². The Labute approximate surface area is 129 Å². The maximum atomic E-state index is 9.50. The quantitative estimate of drug-likeness (QED) is 0.741. The molecule has 3 nitrogen and oxygen atoms in total. The zero-order chi connectivity index (χ0) is 15.2. The van der Waals surface area contributed by atoms with E-state index in [1.54, 1.807) is 0 Å². The number of nitriles is 1. The Hall–Kier alpha value is -1.53. The van der Waals surface area contributed by atoms with Gasteiger partial charge in [0.15, 0.2) is 0 Å². The van der Waals surface area contributed by atoms with Crippen molar-refractivity contribution in [3.8, 4) is 6.07 Å². The van der Waals surface area contributed by atoms with E-state index in [1.807, 2.05) is 6.07 Å². The van der Waals surface area contributed by atoms with Gasteiger partial charge in [-0.05, 0) is 63.3 Å². The summed E-state index contributed by atoms with van der Waals surface area (Å²) in [5, 5.41) is 12.9. The van der Waals surface area contributed by atoms with Crippen LogP contribution in [-0.2, 0) is 6.54 Å². The number of anilines is 1. The molecular formula is C18H27N3. The second kappa shape index (κ2) is 7.47.